The highest BCUT2D eigenvalue weighted by molar-refractivity contribution is 5.90. The van der Waals surface area contributed by atoms with E-state index in [2.05, 4.69) is 9.72 Å². The number of esters is 1. The van der Waals surface area contributed by atoms with Crippen LogP contribution in [0, 0.1) is 0 Å². The summed E-state index contributed by atoms with van der Waals surface area (Å²) in [6.07, 6.45) is 1.60. The van der Waals surface area contributed by atoms with Crippen molar-refractivity contribution in [1.82, 2.24) is 4.98 Å². The first-order chi connectivity index (χ1) is 8.65. The molecule has 3 N–H and O–H groups in total. The van der Waals surface area contributed by atoms with Gasteiger partial charge in [0, 0.05) is 17.5 Å². The van der Waals surface area contributed by atoms with Crippen molar-refractivity contribution < 1.29 is 14.3 Å². The molecule has 5 heteroatoms. The van der Waals surface area contributed by atoms with Gasteiger partial charge in [-0.1, -0.05) is 6.07 Å². The fraction of sp³-hybridized carbons (Fsp3) is 0.154. The van der Waals surface area contributed by atoms with Crippen molar-refractivity contribution >= 4 is 11.7 Å². The monoisotopic (exact) mass is 246 g/mol. The van der Waals surface area contributed by atoms with E-state index in [1.54, 1.807) is 25.4 Å². The predicted octanol–water partition coefficient (Wildman–Crippen LogP) is 2.06. The minimum absolute atomic E-state index is 0.375. The first-order valence-corrected chi connectivity index (χ1v) is 5.36. The van der Waals surface area contributed by atoms with Crippen molar-refractivity contribution in [2.24, 2.45) is 0 Å². The van der Waals surface area contributed by atoms with Gasteiger partial charge in [0.25, 0.3) is 0 Å². The Morgan fingerprint density at radius 2 is 2.06 bits per heavy atom. The Morgan fingerprint density at radius 3 is 2.72 bits per heavy atom. The van der Waals surface area contributed by atoms with Crippen LogP contribution in [-0.4, -0.2) is 25.2 Å². The minimum atomic E-state index is -0.375. The average molecular weight is 246 g/mol. The highest BCUT2D eigenvalue weighted by Crippen LogP contribution is 2.28. The molecular formula is C13H14N2O3. The Morgan fingerprint density at radius 1 is 1.28 bits per heavy atom. The number of nitrogens with one attached hydrogen (secondary N) is 1. The number of hydrogen-bond donors (Lipinski definition) is 2. The molecule has 2 aromatic rings. The van der Waals surface area contributed by atoms with E-state index >= 15 is 0 Å². The van der Waals surface area contributed by atoms with Crippen molar-refractivity contribution in [1.29, 1.82) is 0 Å². The Kier molecular flexibility index (Phi) is 3.23. The Hall–Kier alpha value is -2.43. The maximum atomic E-state index is 11.3. The van der Waals surface area contributed by atoms with Gasteiger partial charge in [-0.2, -0.15) is 0 Å². The first-order valence-electron chi connectivity index (χ1n) is 5.36. The third kappa shape index (κ3) is 2.15. The van der Waals surface area contributed by atoms with E-state index in [9.17, 15) is 4.79 Å². The standard InChI is InChI=1S/C13H14N2O3/c1-17-12-6-8(3-4-10(12)14)11-5-9(7-15-11)13(16)18-2/h3-7,15H,14H2,1-2H3. The summed E-state index contributed by atoms with van der Waals surface area (Å²) in [7, 11) is 2.91. The molecule has 0 atom stereocenters. The molecule has 94 valence electrons. The van der Waals surface area contributed by atoms with Gasteiger partial charge in [-0.05, 0) is 18.2 Å². The van der Waals surface area contributed by atoms with Gasteiger partial charge in [-0.25, -0.2) is 4.79 Å². The molecular weight excluding hydrogens is 232 g/mol. The van der Waals surface area contributed by atoms with Crippen molar-refractivity contribution in [2.45, 2.75) is 0 Å². The smallest absolute Gasteiger partial charge is 0.339 e. The third-order valence-electron chi connectivity index (χ3n) is 2.65. The van der Waals surface area contributed by atoms with Gasteiger partial charge < -0.3 is 20.2 Å². The van der Waals surface area contributed by atoms with Crippen molar-refractivity contribution in [3.63, 3.8) is 0 Å². The van der Waals surface area contributed by atoms with Crippen molar-refractivity contribution in [2.75, 3.05) is 20.0 Å². The molecule has 1 aromatic heterocycles. The molecule has 0 unspecified atom stereocenters. The van der Waals surface area contributed by atoms with Gasteiger partial charge in [0.05, 0.1) is 25.5 Å². The lowest BCUT2D eigenvalue weighted by Crippen LogP contribution is -1.98. The number of nitrogens with two attached hydrogens (primary N) is 1. The summed E-state index contributed by atoms with van der Waals surface area (Å²) in [6, 6.07) is 7.14. The van der Waals surface area contributed by atoms with Gasteiger partial charge in [0.2, 0.25) is 0 Å². The van der Waals surface area contributed by atoms with E-state index in [1.807, 2.05) is 12.1 Å². The zero-order chi connectivity index (χ0) is 13.1. The SMILES string of the molecule is COC(=O)c1c[nH]c(-c2ccc(N)c(OC)c2)c1. The normalized spacial score (nSPS) is 10.1. The van der Waals surface area contributed by atoms with Crippen LogP contribution in [0.2, 0.25) is 0 Å². The van der Waals surface area contributed by atoms with Crippen LogP contribution in [0.4, 0.5) is 5.69 Å². The number of hydrogen-bond acceptors (Lipinski definition) is 4. The number of H-pyrrole nitrogens is 1. The largest absolute Gasteiger partial charge is 0.495 e. The number of ether oxygens (including phenoxy) is 2. The third-order valence-corrected chi connectivity index (χ3v) is 2.65. The van der Waals surface area contributed by atoms with Crippen molar-refractivity contribution in [3.8, 4) is 17.0 Å². The Balaban J connectivity index is 2.37. The van der Waals surface area contributed by atoms with Gasteiger partial charge in [-0.15, -0.1) is 0 Å². The molecule has 1 aromatic carbocycles. The van der Waals surface area contributed by atoms with Crippen LogP contribution in [0.15, 0.2) is 30.5 Å². The molecule has 0 aliphatic heterocycles. The highest BCUT2D eigenvalue weighted by atomic mass is 16.5. The summed E-state index contributed by atoms with van der Waals surface area (Å²) in [6.45, 7) is 0. The zero-order valence-electron chi connectivity index (χ0n) is 10.2. The molecule has 0 saturated heterocycles. The quantitative estimate of drug-likeness (QED) is 0.642. The second-order valence-electron chi connectivity index (χ2n) is 3.75. The molecule has 5 nitrogen and oxygen atoms in total. The summed E-state index contributed by atoms with van der Waals surface area (Å²) < 4.78 is 9.80. The fourth-order valence-corrected chi connectivity index (χ4v) is 1.68. The number of nitrogen functional groups attached to an aromatic ring is 1. The summed E-state index contributed by atoms with van der Waals surface area (Å²) in [5.41, 5.74) is 8.47. The van der Waals surface area contributed by atoms with E-state index in [-0.39, 0.29) is 5.97 Å². The lowest BCUT2D eigenvalue weighted by Gasteiger charge is -2.06. The van der Waals surface area contributed by atoms with E-state index in [0.29, 0.717) is 17.0 Å². The molecule has 0 spiro atoms. The lowest BCUT2D eigenvalue weighted by molar-refractivity contribution is 0.0601. The van der Waals surface area contributed by atoms with Crippen LogP contribution in [0.25, 0.3) is 11.3 Å². The molecule has 0 amide bonds. The van der Waals surface area contributed by atoms with E-state index in [0.717, 1.165) is 11.3 Å². The topological polar surface area (TPSA) is 77.3 Å². The van der Waals surface area contributed by atoms with Crippen LogP contribution in [0.3, 0.4) is 0 Å². The number of aromatic amines is 1. The molecule has 0 radical (unpaired) electrons. The molecule has 0 saturated carbocycles. The second-order valence-corrected chi connectivity index (χ2v) is 3.75. The summed E-state index contributed by atoms with van der Waals surface area (Å²) in [4.78, 5) is 14.4. The molecule has 0 aliphatic carbocycles. The van der Waals surface area contributed by atoms with Crippen molar-refractivity contribution in [3.05, 3.63) is 36.0 Å². The highest BCUT2D eigenvalue weighted by Gasteiger charge is 2.10. The second kappa shape index (κ2) is 4.83. The number of benzene rings is 1. The molecule has 1 heterocycles. The first kappa shape index (κ1) is 12.0. The zero-order valence-corrected chi connectivity index (χ0v) is 10.2. The molecule has 18 heavy (non-hydrogen) atoms. The van der Waals surface area contributed by atoms with Crippen LogP contribution < -0.4 is 10.5 Å². The number of anilines is 1. The fourth-order valence-electron chi connectivity index (χ4n) is 1.68. The summed E-state index contributed by atoms with van der Waals surface area (Å²) >= 11 is 0. The lowest BCUT2D eigenvalue weighted by atomic mass is 10.1. The van der Waals surface area contributed by atoms with Gasteiger partial charge in [0.1, 0.15) is 5.75 Å². The average Bonchev–Trinajstić information content (AvgIpc) is 2.88. The minimum Gasteiger partial charge on any atom is -0.495 e. The van der Waals surface area contributed by atoms with Gasteiger partial charge >= 0.3 is 5.97 Å². The predicted molar refractivity (Wildman–Crippen MR) is 68.5 cm³/mol. The number of rotatable bonds is 3. The van der Waals surface area contributed by atoms with E-state index < -0.39 is 0 Å². The Bertz CT molecular complexity index is 575. The number of methoxy groups -OCH3 is 2. The van der Waals surface area contributed by atoms with Gasteiger partial charge in [-0.3, -0.25) is 0 Å². The molecule has 0 aliphatic rings. The molecule has 0 fully saturated rings. The maximum Gasteiger partial charge on any atom is 0.339 e. The Labute approximate surface area is 105 Å². The molecule has 0 bridgehead atoms. The summed E-state index contributed by atoms with van der Waals surface area (Å²) in [5, 5.41) is 0. The van der Waals surface area contributed by atoms with E-state index in [1.165, 1.54) is 7.11 Å². The van der Waals surface area contributed by atoms with Crippen LogP contribution in [0.5, 0.6) is 5.75 Å². The summed E-state index contributed by atoms with van der Waals surface area (Å²) in [5.74, 6) is 0.224. The van der Waals surface area contributed by atoms with E-state index in [4.69, 9.17) is 10.5 Å². The maximum absolute atomic E-state index is 11.3. The number of carbonyl (C=O) groups excluding carboxylic acids is 1. The number of carbonyl (C=O) groups is 1. The van der Waals surface area contributed by atoms with Gasteiger partial charge in [0.15, 0.2) is 0 Å². The molecule has 2 rings (SSSR count). The van der Waals surface area contributed by atoms with Crippen LogP contribution >= 0.6 is 0 Å². The number of aromatic nitrogens is 1. The van der Waals surface area contributed by atoms with Crippen LogP contribution in [-0.2, 0) is 4.74 Å². The van der Waals surface area contributed by atoms with Crippen LogP contribution in [0.1, 0.15) is 10.4 Å².